The Bertz CT molecular complexity index is 934. The van der Waals surface area contributed by atoms with Crippen molar-refractivity contribution in [3.63, 3.8) is 0 Å². The van der Waals surface area contributed by atoms with Gasteiger partial charge in [0.25, 0.3) is 5.91 Å². The van der Waals surface area contributed by atoms with Crippen LogP contribution in [0.3, 0.4) is 0 Å². The largest absolute Gasteiger partial charge is 0.478 e. The van der Waals surface area contributed by atoms with Crippen molar-refractivity contribution in [2.75, 3.05) is 4.90 Å². The summed E-state index contributed by atoms with van der Waals surface area (Å²) in [6.45, 7) is 3.99. The molecular weight excluding hydrogens is 354 g/mol. The highest BCUT2D eigenvalue weighted by molar-refractivity contribution is 8.27. The van der Waals surface area contributed by atoms with Crippen LogP contribution in [0.5, 0.6) is 0 Å². The Morgan fingerprint density at radius 3 is 2.56 bits per heavy atom. The lowest BCUT2D eigenvalue weighted by Gasteiger charge is -2.15. The van der Waals surface area contributed by atoms with Crippen LogP contribution in [0.2, 0.25) is 0 Å². The van der Waals surface area contributed by atoms with E-state index in [0.717, 1.165) is 16.8 Å². The summed E-state index contributed by atoms with van der Waals surface area (Å²) in [4.78, 5) is 26.0. The van der Waals surface area contributed by atoms with E-state index >= 15 is 0 Å². The molecule has 0 radical (unpaired) electrons. The van der Waals surface area contributed by atoms with Crippen LogP contribution in [-0.4, -0.2) is 21.3 Å². The molecule has 0 atom stereocenters. The second-order valence-corrected chi connectivity index (χ2v) is 7.35. The van der Waals surface area contributed by atoms with Crippen LogP contribution in [0.25, 0.3) is 6.08 Å². The molecule has 0 aromatic heterocycles. The first kappa shape index (κ1) is 17.4. The lowest BCUT2D eigenvalue weighted by atomic mass is 10.1. The number of nitrogens with zero attached hydrogens (tertiary/aromatic N) is 1. The second-order valence-electron chi connectivity index (χ2n) is 5.68. The average Bonchev–Trinajstić information content (AvgIpc) is 2.84. The molecule has 0 aliphatic carbocycles. The highest BCUT2D eigenvalue weighted by Crippen LogP contribution is 2.36. The highest BCUT2D eigenvalue weighted by atomic mass is 32.2. The standard InChI is InChI=1S/C19H15NO3S2/c1-11-7-8-14(9-12(11)2)20-17(21)16(25-19(20)24)10-13-5-3-4-6-15(13)18(22)23/h3-10H,1-2H3,(H,22,23). The van der Waals surface area contributed by atoms with Gasteiger partial charge in [0.1, 0.15) is 0 Å². The summed E-state index contributed by atoms with van der Waals surface area (Å²) in [6, 6.07) is 12.3. The van der Waals surface area contributed by atoms with E-state index in [9.17, 15) is 14.7 Å². The van der Waals surface area contributed by atoms with Crippen molar-refractivity contribution < 1.29 is 14.7 Å². The van der Waals surface area contributed by atoms with Gasteiger partial charge in [0.15, 0.2) is 4.32 Å². The molecule has 126 valence electrons. The van der Waals surface area contributed by atoms with Crippen molar-refractivity contribution in [1.29, 1.82) is 0 Å². The third-order valence-electron chi connectivity index (χ3n) is 4.02. The van der Waals surface area contributed by atoms with Crippen LogP contribution >= 0.6 is 24.0 Å². The zero-order valence-electron chi connectivity index (χ0n) is 13.6. The molecule has 0 spiro atoms. The molecule has 1 saturated heterocycles. The van der Waals surface area contributed by atoms with Crippen LogP contribution in [-0.2, 0) is 4.79 Å². The summed E-state index contributed by atoms with van der Waals surface area (Å²) in [5.41, 5.74) is 3.57. The number of hydrogen-bond acceptors (Lipinski definition) is 4. The van der Waals surface area contributed by atoms with Gasteiger partial charge < -0.3 is 5.11 Å². The van der Waals surface area contributed by atoms with E-state index in [0.29, 0.717) is 14.8 Å². The molecule has 4 nitrogen and oxygen atoms in total. The van der Waals surface area contributed by atoms with Crippen molar-refractivity contribution >= 4 is 51.9 Å². The highest BCUT2D eigenvalue weighted by Gasteiger charge is 2.33. The van der Waals surface area contributed by atoms with Crippen LogP contribution in [0, 0.1) is 13.8 Å². The Labute approximate surface area is 155 Å². The van der Waals surface area contributed by atoms with Gasteiger partial charge in [-0.25, -0.2) is 4.79 Å². The SMILES string of the molecule is Cc1ccc(N2C(=O)C(=Cc3ccccc3C(=O)O)SC2=S)cc1C. The Kier molecular flexibility index (Phi) is 4.74. The predicted molar refractivity (Wildman–Crippen MR) is 105 cm³/mol. The number of thioether (sulfide) groups is 1. The number of rotatable bonds is 3. The molecule has 1 N–H and O–H groups in total. The maximum Gasteiger partial charge on any atom is 0.336 e. The normalized spacial score (nSPS) is 15.9. The first-order valence-electron chi connectivity index (χ1n) is 7.56. The fraction of sp³-hybridized carbons (Fsp3) is 0.105. The van der Waals surface area contributed by atoms with Gasteiger partial charge in [-0.05, 0) is 54.8 Å². The van der Waals surface area contributed by atoms with Gasteiger partial charge >= 0.3 is 5.97 Å². The first-order valence-corrected chi connectivity index (χ1v) is 8.78. The number of thiocarbonyl (C=S) groups is 1. The van der Waals surface area contributed by atoms with Crippen molar-refractivity contribution in [1.82, 2.24) is 0 Å². The van der Waals surface area contributed by atoms with Gasteiger partial charge in [-0.15, -0.1) is 0 Å². The van der Waals surface area contributed by atoms with Crippen LogP contribution in [0.1, 0.15) is 27.0 Å². The fourth-order valence-electron chi connectivity index (χ4n) is 2.51. The first-order chi connectivity index (χ1) is 11.9. The lowest BCUT2D eigenvalue weighted by molar-refractivity contribution is -0.113. The van der Waals surface area contributed by atoms with Gasteiger partial charge in [0.2, 0.25) is 0 Å². The third kappa shape index (κ3) is 3.36. The maximum absolute atomic E-state index is 12.8. The zero-order chi connectivity index (χ0) is 18.1. The molecule has 25 heavy (non-hydrogen) atoms. The molecular formula is C19H15NO3S2. The van der Waals surface area contributed by atoms with E-state index in [1.165, 1.54) is 22.7 Å². The molecule has 0 saturated carbocycles. The molecule has 1 aliphatic rings. The van der Waals surface area contributed by atoms with Crippen molar-refractivity contribution in [3.8, 4) is 0 Å². The number of hydrogen-bond donors (Lipinski definition) is 1. The quantitative estimate of drug-likeness (QED) is 0.642. The maximum atomic E-state index is 12.8. The van der Waals surface area contributed by atoms with Crippen LogP contribution in [0.4, 0.5) is 5.69 Å². The molecule has 2 aromatic rings. The van der Waals surface area contributed by atoms with Crippen LogP contribution < -0.4 is 4.90 Å². The number of amides is 1. The molecule has 6 heteroatoms. The summed E-state index contributed by atoms with van der Waals surface area (Å²) in [6.07, 6.45) is 1.59. The number of aromatic carboxylic acids is 1. The molecule has 3 rings (SSSR count). The number of benzene rings is 2. The number of aryl methyl sites for hydroxylation is 2. The minimum absolute atomic E-state index is 0.152. The second kappa shape index (κ2) is 6.82. The summed E-state index contributed by atoms with van der Waals surface area (Å²) in [5.74, 6) is -1.27. The molecule has 1 amide bonds. The Morgan fingerprint density at radius 1 is 1.16 bits per heavy atom. The summed E-state index contributed by atoms with van der Waals surface area (Å²) in [7, 11) is 0. The minimum atomic E-state index is -1.03. The van der Waals surface area contributed by atoms with E-state index < -0.39 is 5.97 Å². The Balaban J connectivity index is 1.99. The summed E-state index contributed by atoms with van der Waals surface area (Å²) in [5, 5.41) is 9.29. The Morgan fingerprint density at radius 2 is 1.88 bits per heavy atom. The zero-order valence-corrected chi connectivity index (χ0v) is 15.3. The Hall–Kier alpha value is -2.44. The lowest BCUT2D eigenvalue weighted by Crippen LogP contribution is -2.27. The van der Waals surface area contributed by atoms with E-state index in [4.69, 9.17) is 12.2 Å². The van der Waals surface area contributed by atoms with Gasteiger partial charge in [0.05, 0.1) is 16.2 Å². The number of carboxylic acids is 1. The molecule has 0 unspecified atom stereocenters. The summed E-state index contributed by atoms with van der Waals surface area (Å²) < 4.78 is 0.437. The van der Waals surface area contributed by atoms with Crippen molar-refractivity contribution in [3.05, 3.63) is 69.6 Å². The average molecular weight is 369 g/mol. The smallest absolute Gasteiger partial charge is 0.336 e. The minimum Gasteiger partial charge on any atom is -0.478 e. The molecule has 1 fully saturated rings. The van der Waals surface area contributed by atoms with E-state index in [1.54, 1.807) is 24.3 Å². The van der Waals surface area contributed by atoms with Crippen molar-refractivity contribution in [2.24, 2.45) is 0 Å². The number of anilines is 1. The van der Waals surface area contributed by atoms with E-state index in [-0.39, 0.29) is 11.5 Å². The van der Waals surface area contributed by atoms with E-state index in [2.05, 4.69) is 0 Å². The van der Waals surface area contributed by atoms with Gasteiger partial charge in [0, 0.05) is 0 Å². The van der Waals surface area contributed by atoms with Crippen LogP contribution in [0.15, 0.2) is 47.4 Å². The van der Waals surface area contributed by atoms with Gasteiger partial charge in [-0.1, -0.05) is 48.2 Å². The third-order valence-corrected chi connectivity index (χ3v) is 5.32. The number of carbonyl (C=O) groups excluding carboxylic acids is 1. The topological polar surface area (TPSA) is 57.6 Å². The molecule has 2 aromatic carbocycles. The fourth-order valence-corrected chi connectivity index (χ4v) is 3.80. The van der Waals surface area contributed by atoms with E-state index in [1.807, 2.05) is 32.0 Å². The number of carbonyl (C=O) groups is 2. The summed E-state index contributed by atoms with van der Waals surface area (Å²) >= 11 is 6.54. The molecule has 1 heterocycles. The van der Waals surface area contributed by atoms with Gasteiger partial charge in [-0.2, -0.15) is 0 Å². The van der Waals surface area contributed by atoms with Crippen molar-refractivity contribution in [2.45, 2.75) is 13.8 Å². The molecule has 1 aliphatic heterocycles. The molecule has 0 bridgehead atoms. The monoisotopic (exact) mass is 369 g/mol. The van der Waals surface area contributed by atoms with Gasteiger partial charge in [-0.3, -0.25) is 9.69 Å². The predicted octanol–water partition coefficient (Wildman–Crippen LogP) is 4.41. The number of carboxylic acid groups (broad SMARTS) is 1.